The highest BCUT2D eigenvalue weighted by atomic mass is 16.6. The van der Waals surface area contributed by atoms with Gasteiger partial charge in [0.15, 0.2) is 0 Å². The minimum atomic E-state index is -0.376. The third-order valence-electron chi connectivity index (χ3n) is 2.63. The van der Waals surface area contributed by atoms with Crippen molar-refractivity contribution in [2.45, 2.75) is 20.8 Å². The van der Waals surface area contributed by atoms with Crippen LogP contribution in [0.1, 0.15) is 17.0 Å². The van der Waals surface area contributed by atoms with Gasteiger partial charge < -0.3 is 0 Å². The van der Waals surface area contributed by atoms with Gasteiger partial charge >= 0.3 is 0 Å². The molecule has 0 fully saturated rings. The van der Waals surface area contributed by atoms with E-state index in [-0.39, 0.29) is 10.6 Å². The van der Waals surface area contributed by atoms with Gasteiger partial charge in [-0.15, -0.1) is 0 Å². The van der Waals surface area contributed by atoms with Crippen molar-refractivity contribution < 1.29 is 4.92 Å². The summed E-state index contributed by atoms with van der Waals surface area (Å²) in [6, 6.07) is 6.93. The van der Waals surface area contributed by atoms with Crippen LogP contribution in [0, 0.1) is 30.9 Å². The molecule has 0 N–H and O–H groups in total. The molecule has 0 aliphatic carbocycles. The van der Waals surface area contributed by atoms with Crippen LogP contribution in [-0.2, 0) is 0 Å². The fourth-order valence-corrected chi connectivity index (χ4v) is 1.92. The first kappa shape index (κ1) is 11.3. The number of rotatable bonds is 2. The van der Waals surface area contributed by atoms with E-state index in [0.717, 1.165) is 17.0 Å². The lowest BCUT2D eigenvalue weighted by atomic mass is 10.1. The van der Waals surface area contributed by atoms with Crippen molar-refractivity contribution in [3.8, 4) is 5.69 Å². The molecule has 2 rings (SSSR count). The fraction of sp³-hybridized carbons (Fsp3) is 0.250. The Bertz CT molecular complexity index is 587. The zero-order valence-corrected chi connectivity index (χ0v) is 9.97. The van der Waals surface area contributed by atoms with E-state index in [4.69, 9.17) is 0 Å². The number of para-hydroxylation sites is 1. The Hall–Kier alpha value is -2.17. The summed E-state index contributed by atoms with van der Waals surface area (Å²) in [6.07, 6.45) is 0. The van der Waals surface area contributed by atoms with E-state index in [2.05, 4.69) is 5.10 Å². The first-order valence-corrected chi connectivity index (χ1v) is 5.28. The van der Waals surface area contributed by atoms with Crippen LogP contribution in [0.4, 0.5) is 5.69 Å². The van der Waals surface area contributed by atoms with E-state index < -0.39 is 0 Å². The second kappa shape index (κ2) is 4.01. The molecule has 5 heteroatoms. The predicted molar refractivity (Wildman–Crippen MR) is 64.4 cm³/mol. The van der Waals surface area contributed by atoms with Crippen molar-refractivity contribution in [3.05, 3.63) is 51.3 Å². The predicted octanol–water partition coefficient (Wildman–Crippen LogP) is 2.71. The van der Waals surface area contributed by atoms with Gasteiger partial charge in [-0.2, -0.15) is 5.10 Å². The third-order valence-corrected chi connectivity index (χ3v) is 2.63. The molecule has 0 saturated carbocycles. The van der Waals surface area contributed by atoms with Crippen LogP contribution in [0.15, 0.2) is 24.3 Å². The number of aryl methyl sites for hydroxylation is 3. The largest absolute Gasteiger partial charge is 0.295 e. The molecule has 0 aliphatic heterocycles. The quantitative estimate of drug-likeness (QED) is 0.589. The lowest BCUT2D eigenvalue weighted by Gasteiger charge is -2.08. The first-order valence-electron chi connectivity index (χ1n) is 5.28. The van der Waals surface area contributed by atoms with Crippen LogP contribution >= 0.6 is 0 Å². The zero-order valence-electron chi connectivity index (χ0n) is 9.97. The number of hydrogen-bond donors (Lipinski definition) is 0. The summed E-state index contributed by atoms with van der Waals surface area (Å²) >= 11 is 0. The number of nitrogens with zero attached hydrogens (tertiary/aromatic N) is 3. The molecule has 88 valence electrons. The van der Waals surface area contributed by atoms with Crippen LogP contribution in [0.3, 0.4) is 0 Å². The molecule has 0 bridgehead atoms. The first-order chi connectivity index (χ1) is 8.00. The number of hydrogen-bond acceptors (Lipinski definition) is 3. The zero-order chi connectivity index (χ0) is 12.6. The van der Waals surface area contributed by atoms with Gasteiger partial charge in [0.2, 0.25) is 0 Å². The summed E-state index contributed by atoms with van der Waals surface area (Å²) in [5.74, 6) is 0. The molecule has 1 aromatic carbocycles. The molecule has 1 heterocycles. The summed E-state index contributed by atoms with van der Waals surface area (Å²) < 4.78 is 1.63. The Balaban J connectivity index is 2.74. The topological polar surface area (TPSA) is 61.0 Å². The SMILES string of the molecule is Cc1cc(C)n(-c2c(C)cccc2[N+](=O)[O-])n1. The molecule has 5 nitrogen and oxygen atoms in total. The molecule has 2 aromatic rings. The van der Waals surface area contributed by atoms with Gasteiger partial charge in [-0.1, -0.05) is 12.1 Å². The van der Waals surface area contributed by atoms with E-state index in [1.807, 2.05) is 32.9 Å². The molecule has 0 saturated heterocycles. The summed E-state index contributed by atoms with van der Waals surface area (Å²) in [6.45, 7) is 5.60. The summed E-state index contributed by atoms with van der Waals surface area (Å²) in [5, 5.41) is 15.3. The average Bonchev–Trinajstić information content (AvgIpc) is 2.57. The van der Waals surface area contributed by atoms with Crippen LogP contribution in [-0.4, -0.2) is 14.7 Å². The maximum atomic E-state index is 11.0. The molecule has 0 radical (unpaired) electrons. The van der Waals surface area contributed by atoms with Crippen LogP contribution in [0.5, 0.6) is 0 Å². The monoisotopic (exact) mass is 231 g/mol. The number of aromatic nitrogens is 2. The lowest BCUT2D eigenvalue weighted by molar-refractivity contribution is -0.384. The molecular weight excluding hydrogens is 218 g/mol. The van der Waals surface area contributed by atoms with E-state index in [1.165, 1.54) is 6.07 Å². The Labute approximate surface area is 98.8 Å². The van der Waals surface area contributed by atoms with Gasteiger partial charge in [-0.25, -0.2) is 4.68 Å². The minimum Gasteiger partial charge on any atom is -0.258 e. The Kier molecular flexibility index (Phi) is 2.67. The molecule has 0 atom stereocenters. The van der Waals surface area contributed by atoms with E-state index in [0.29, 0.717) is 5.69 Å². The van der Waals surface area contributed by atoms with Crippen molar-refractivity contribution in [2.24, 2.45) is 0 Å². The van der Waals surface area contributed by atoms with Crippen molar-refractivity contribution in [1.82, 2.24) is 9.78 Å². The number of nitro benzene ring substituents is 1. The van der Waals surface area contributed by atoms with Gasteiger partial charge in [0, 0.05) is 11.8 Å². The summed E-state index contributed by atoms with van der Waals surface area (Å²) in [4.78, 5) is 10.7. The molecule has 0 unspecified atom stereocenters. The lowest BCUT2D eigenvalue weighted by Crippen LogP contribution is -2.05. The van der Waals surface area contributed by atoms with Gasteiger partial charge in [-0.05, 0) is 32.4 Å². The van der Waals surface area contributed by atoms with Crippen LogP contribution in [0.2, 0.25) is 0 Å². The molecule has 1 aromatic heterocycles. The molecular formula is C12H13N3O2. The smallest absolute Gasteiger partial charge is 0.258 e. The van der Waals surface area contributed by atoms with E-state index in [9.17, 15) is 10.1 Å². The second-order valence-electron chi connectivity index (χ2n) is 4.04. The standard InChI is InChI=1S/C12H13N3O2/c1-8-5-4-6-11(15(16)17)12(8)14-10(3)7-9(2)13-14/h4-7H,1-3H3. The van der Waals surface area contributed by atoms with E-state index in [1.54, 1.807) is 10.7 Å². The highest BCUT2D eigenvalue weighted by Gasteiger charge is 2.19. The highest BCUT2D eigenvalue weighted by molar-refractivity contribution is 5.57. The maximum absolute atomic E-state index is 11.0. The number of benzene rings is 1. The van der Waals surface area contributed by atoms with Crippen molar-refractivity contribution >= 4 is 5.69 Å². The van der Waals surface area contributed by atoms with Gasteiger partial charge in [-0.3, -0.25) is 10.1 Å². The van der Waals surface area contributed by atoms with Crippen LogP contribution in [0.25, 0.3) is 5.69 Å². The average molecular weight is 231 g/mol. The third kappa shape index (κ3) is 1.91. The van der Waals surface area contributed by atoms with Gasteiger partial charge in [0.1, 0.15) is 5.69 Å². The molecule has 0 amide bonds. The van der Waals surface area contributed by atoms with Crippen molar-refractivity contribution in [3.63, 3.8) is 0 Å². The molecule has 0 spiro atoms. The molecule has 17 heavy (non-hydrogen) atoms. The Morgan fingerprint density at radius 2 is 2.00 bits per heavy atom. The van der Waals surface area contributed by atoms with Gasteiger partial charge in [0.05, 0.1) is 10.6 Å². The Morgan fingerprint density at radius 3 is 2.53 bits per heavy atom. The minimum absolute atomic E-state index is 0.0798. The second-order valence-corrected chi connectivity index (χ2v) is 4.04. The van der Waals surface area contributed by atoms with Crippen molar-refractivity contribution in [2.75, 3.05) is 0 Å². The summed E-state index contributed by atoms with van der Waals surface area (Å²) in [7, 11) is 0. The fourth-order valence-electron chi connectivity index (χ4n) is 1.92. The van der Waals surface area contributed by atoms with Gasteiger partial charge in [0.25, 0.3) is 5.69 Å². The Morgan fingerprint density at radius 1 is 1.29 bits per heavy atom. The maximum Gasteiger partial charge on any atom is 0.295 e. The summed E-state index contributed by atoms with van der Waals surface area (Å²) in [5.41, 5.74) is 3.20. The highest BCUT2D eigenvalue weighted by Crippen LogP contribution is 2.26. The molecule has 0 aliphatic rings. The number of nitro groups is 1. The normalized spacial score (nSPS) is 10.5. The van der Waals surface area contributed by atoms with Crippen LogP contribution < -0.4 is 0 Å². The van der Waals surface area contributed by atoms with Crippen molar-refractivity contribution in [1.29, 1.82) is 0 Å². The van der Waals surface area contributed by atoms with E-state index >= 15 is 0 Å².